The highest BCUT2D eigenvalue weighted by Gasteiger charge is 2.34. The molecular weight excluding hydrogens is 414 g/mol. The molecule has 138 valence electrons. The Balaban J connectivity index is 1.81. The Hall–Kier alpha value is -2.68. The third-order valence-corrected chi connectivity index (χ3v) is 4.78. The van der Waals surface area contributed by atoms with E-state index < -0.39 is 12.7 Å². The molecule has 2 aliphatic heterocycles. The fourth-order valence-corrected chi connectivity index (χ4v) is 3.40. The molecule has 27 heavy (non-hydrogen) atoms. The highest BCUT2D eigenvalue weighted by atomic mass is 79.9. The predicted molar refractivity (Wildman–Crippen MR) is 105 cm³/mol. The third-order valence-electron chi connectivity index (χ3n) is 4.29. The first-order chi connectivity index (χ1) is 13.1. The molecule has 1 atom stereocenters. The zero-order chi connectivity index (χ0) is 19.0. The first-order valence-corrected chi connectivity index (χ1v) is 9.09. The van der Waals surface area contributed by atoms with E-state index in [1.807, 2.05) is 42.5 Å². The Morgan fingerprint density at radius 1 is 1.11 bits per heavy atom. The number of para-hydroxylation sites is 1. The molecule has 0 aromatic heterocycles. The number of amides is 1. The average molecular weight is 430 g/mol. The van der Waals surface area contributed by atoms with Crippen LogP contribution in [-0.2, 0) is 9.63 Å². The van der Waals surface area contributed by atoms with Gasteiger partial charge in [-0.15, -0.1) is 0 Å². The molecule has 0 radical (unpaired) electrons. The second-order valence-corrected chi connectivity index (χ2v) is 7.05. The summed E-state index contributed by atoms with van der Waals surface area (Å²) in [6.07, 6.45) is -1.03. The number of carbonyl (C=O) groups is 1. The van der Waals surface area contributed by atoms with Crippen LogP contribution in [0.5, 0.6) is 0 Å². The van der Waals surface area contributed by atoms with Gasteiger partial charge in [-0.05, 0) is 18.2 Å². The number of benzene rings is 2. The molecule has 0 saturated heterocycles. The molecule has 1 unspecified atom stereocenters. The lowest BCUT2D eigenvalue weighted by molar-refractivity contribution is -0.110. The topological polar surface area (TPSA) is 103 Å². The van der Waals surface area contributed by atoms with Crippen molar-refractivity contribution in [1.82, 2.24) is 0 Å². The fourth-order valence-electron chi connectivity index (χ4n) is 3.04. The van der Waals surface area contributed by atoms with Gasteiger partial charge in [-0.1, -0.05) is 45.4 Å². The molecule has 2 aromatic rings. The van der Waals surface area contributed by atoms with Gasteiger partial charge in [-0.25, -0.2) is 0 Å². The summed E-state index contributed by atoms with van der Waals surface area (Å²) in [5.74, 6) is -0.235. The van der Waals surface area contributed by atoms with E-state index in [-0.39, 0.29) is 12.5 Å². The third kappa shape index (κ3) is 3.23. The number of rotatable bonds is 4. The Morgan fingerprint density at radius 2 is 1.93 bits per heavy atom. The highest BCUT2D eigenvalue weighted by molar-refractivity contribution is 9.10. The molecule has 8 heteroatoms. The smallest absolute Gasteiger partial charge is 0.258 e. The second-order valence-electron chi connectivity index (χ2n) is 6.14. The van der Waals surface area contributed by atoms with E-state index in [0.29, 0.717) is 22.7 Å². The standard InChI is InChI=1S/C19H16BrN3O4/c20-10-5-6-12-15(7-10)22-19(26)16(12)18-17(23-27-9-11(25)8-24)13-3-1-2-4-14(13)21-18/h1-7,11,21,24-25H,8-9H2,(H,22,26)/b18-16-,23-17+. The van der Waals surface area contributed by atoms with Gasteiger partial charge in [0.05, 0.1) is 23.6 Å². The summed E-state index contributed by atoms with van der Waals surface area (Å²) in [4.78, 5) is 17.9. The van der Waals surface area contributed by atoms with E-state index in [4.69, 9.17) is 9.94 Å². The van der Waals surface area contributed by atoms with Crippen LogP contribution < -0.4 is 10.6 Å². The van der Waals surface area contributed by atoms with Crippen LogP contribution in [0.25, 0.3) is 5.57 Å². The molecule has 1 amide bonds. The number of aliphatic hydroxyl groups excluding tert-OH is 2. The molecular formula is C19H16BrN3O4. The van der Waals surface area contributed by atoms with Crippen LogP contribution in [0.4, 0.5) is 11.4 Å². The van der Waals surface area contributed by atoms with E-state index in [1.54, 1.807) is 0 Å². The van der Waals surface area contributed by atoms with Crippen LogP contribution >= 0.6 is 15.9 Å². The van der Waals surface area contributed by atoms with Crippen molar-refractivity contribution in [2.45, 2.75) is 6.10 Å². The van der Waals surface area contributed by atoms with Gasteiger partial charge in [-0.3, -0.25) is 4.79 Å². The summed E-state index contributed by atoms with van der Waals surface area (Å²) in [7, 11) is 0. The van der Waals surface area contributed by atoms with E-state index in [1.165, 1.54) is 0 Å². The maximum atomic E-state index is 12.7. The number of hydrogen-bond donors (Lipinski definition) is 4. The van der Waals surface area contributed by atoms with Crippen LogP contribution in [0.15, 0.2) is 57.8 Å². The molecule has 2 aromatic carbocycles. The minimum Gasteiger partial charge on any atom is -0.394 e. The van der Waals surface area contributed by atoms with E-state index >= 15 is 0 Å². The Bertz CT molecular complexity index is 987. The summed E-state index contributed by atoms with van der Waals surface area (Å²) < 4.78 is 0.866. The number of allylic oxidation sites excluding steroid dienone is 1. The van der Waals surface area contributed by atoms with Crippen LogP contribution in [0, 0.1) is 0 Å². The highest BCUT2D eigenvalue weighted by Crippen LogP contribution is 2.39. The van der Waals surface area contributed by atoms with Crippen molar-refractivity contribution in [3.8, 4) is 0 Å². The quantitative estimate of drug-likeness (QED) is 0.441. The Labute approximate surface area is 163 Å². The summed E-state index contributed by atoms with van der Waals surface area (Å²) in [6.45, 7) is -0.571. The normalized spacial score (nSPS) is 20.1. The van der Waals surface area contributed by atoms with Crippen LogP contribution in [0.3, 0.4) is 0 Å². The number of carbonyl (C=O) groups excluding carboxylic acids is 1. The van der Waals surface area contributed by atoms with Crippen molar-refractivity contribution < 1.29 is 19.8 Å². The van der Waals surface area contributed by atoms with Crippen molar-refractivity contribution in [2.75, 3.05) is 23.8 Å². The SMILES string of the molecule is O=C1Nc2cc(Br)ccc2/C1=C1/Nc2ccccc2/C1=N\OCC(O)CO. The van der Waals surface area contributed by atoms with Gasteiger partial charge in [0, 0.05) is 21.3 Å². The summed E-state index contributed by atoms with van der Waals surface area (Å²) in [6, 6.07) is 13.1. The number of anilines is 2. The number of aliphatic hydroxyl groups is 2. The second kappa shape index (κ2) is 7.15. The number of nitrogens with zero attached hydrogens (tertiary/aromatic N) is 1. The monoisotopic (exact) mass is 429 g/mol. The summed E-state index contributed by atoms with van der Waals surface area (Å²) in [5, 5.41) is 28.6. The number of halogens is 1. The van der Waals surface area contributed by atoms with Gasteiger partial charge in [0.25, 0.3) is 5.91 Å². The maximum absolute atomic E-state index is 12.7. The first-order valence-electron chi connectivity index (χ1n) is 8.29. The van der Waals surface area contributed by atoms with Crippen molar-refractivity contribution in [3.63, 3.8) is 0 Å². The van der Waals surface area contributed by atoms with Crippen molar-refractivity contribution in [3.05, 3.63) is 63.8 Å². The molecule has 4 N–H and O–H groups in total. The molecule has 4 rings (SSSR count). The van der Waals surface area contributed by atoms with Gasteiger partial charge >= 0.3 is 0 Å². The first kappa shape index (κ1) is 17.7. The van der Waals surface area contributed by atoms with E-state index in [0.717, 1.165) is 21.3 Å². The molecule has 0 bridgehead atoms. The molecule has 0 fully saturated rings. The molecule has 2 aliphatic rings. The molecule has 7 nitrogen and oxygen atoms in total. The van der Waals surface area contributed by atoms with Crippen molar-refractivity contribution in [2.24, 2.45) is 5.16 Å². The van der Waals surface area contributed by atoms with E-state index in [9.17, 15) is 9.90 Å². The Morgan fingerprint density at radius 3 is 2.74 bits per heavy atom. The average Bonchev–Trinajstić information content (AvgIpc) is 3.17. The molecule has 2 heterocycles. The molecule has 0 spiro atoms. The van der Waals surface area contributed by atoms with Gasteiger partial charge in [0.2, 0.25) is 0 Å². The number of fused-ring (bicyclic) bond motifs is 2. The van der Waals surface area contributed by atoms with Gasteiger partial charge in [0.1, 0.15) is 18.4 Å². The Kier molecular flexibility index (Phi) is 4.69. The van der Waals surface area contributed by atoms with Crippen LogP contribution in [0.2, 0.25) is 0 Å². The van der Waals surface area contributed by atoms with Gasteiger partial charge in [0.15, 0.2) is 0 Å². The van der Waals surface area contributed by atoms with Crippen LogP contribution in [-0.4, -0.2) is 41.1 Å². The zero-order valence-electron chi connectivity index (χ0n) is 14.1. The lowest BCUT2D eigenvalue weighted by atomic mass is 10.0. The minimum atomic E-state index is -1.03. The summed E-state index contributed by atoms with van der Waals surface area (Å²) >= 11 is 3.41. The van der Waals surface area contributed by atoms with Gasteiger partial charge < -0.3 is 25.7 Å². The van der Waals surface area contributed by atoms with E-state index in [2.05, 4.69) is 31.7 Å². The van der Waals surface area contributed by atoms with Crippen molar-refractivity contribution >= 4 is 44.5 Å². The lowest BCUT2D eigenvalue weighted by Crippen LogP contribution is -2.19. The number of hydrogen-bond acceptors (Lipinski definition) is 6. The minimum absolute atomic E-state index is 0.152. The number of oxime groups is 1. The van der Waals surface area contributed by atoms with Crippen molar-refractivity contribution in [1.29, 1.82) is 0 Å². The predicted octanol–water partition coefficient (Wildman–Crippen LogP) is 2.31. The molecule has 0 aliphatic carbocycles. The summed E-state index contributed by atoms with van der Waals surface area (Å²) in [5.41, 5.74) is 4.55. The number of nitrogens with one attached hydrogen (secondary N) is 2. The van der Waals surface area contributed by atoms with Gasteiger partial charge in [-0.2, -0.15) is 0 Å². The zero-order valence-corrected chi connectivity index (χ0v) is 15.7. The largest absolute Gasteiger partial charge is 0.394 e. The fraction of sp³-hybridized carbons (Fsp3) is 0.158. The maximum Gasteiger partial charge on any atom is 0.258 e. The van der Waals surface area contributed by atoms with Crippen LogP contribution in [0.1, 0.15) is 11.1 Å². The lowest BCUT2D eigenvalue weighted by Gasteiger charge is -2.08. The molecule has 0 saturated carbocycles.